The number of nitrogens with one attached hydrogen (secondary N) is 1. The van der Waals surface area contributed by atoms with E-state index in [-0.39, 0.29) is 18.9 Å². The summed E-state index contributed by atoms with van der Waals surface area (Å²) in [5.41, 5.74) is 4.47. The third-order valence-corrected chi connectivity index (χ3v) is 4.83. The SMILES string of the molecule is COC(OC)C(CC(=O)O)NC(=O)OCC1c2ccccc2-c2ccccc21. The molecule has 1 amide bonds. The molecule has 3 rings (SSSR count). The van der Waals surface area contributed by atoms with Crippen molar-refractivity contribution in [2.45, 2.75) is 24.7 Å². The maximum absolute atomic E-state index is 12.3. The third-order valence-electron chi connectivity index (χ3n) is 4.83. The first-order valence-corrected chi connectivity index (χ1v) is 8.94. The van der Waals surface area contributed by atoms with Gasteiger partial charge in [0.25, 0.3) is 0 Å². The van der Waals surface area contributed by atoms with Gasteiger partial charge in [-0.15, -0.1) is 0 Å². The predicted octanol–water partition coefficient (Wildman–Crippen LogP) is 2.99. The average Bonchev–Trinajstić information content (AvgIpc) is 3.01. The highest BCUT2D eigenvalue weighted by atomic mass is 16.7. The summed E-state index contributed by atoms with van der Waals surface area (Å²) in [4.78, 5) is 23.4. The molecule has 0 bridgehead atoms. The highest BCUT2D eigenvalue weighted by Crippen LogP contribution is 2.44. The summed E-state index contributed by atoms with van der Waals surface area (Å²) < 4.78 is 15.6. The van der Waals surface area contributed by atoms with Crippen LogP contribution in [-0.2, 0) is 19.0 Å². The van der Waals surface area contributed by atoms with Gasteiger partial charge in [0, 0.05) is 20.1 Å². The molecule has 0 saturated heterocycles. The number of carboxylic acids is 1. The summed E-state index contributed by atoms with van der Waals surface area (Å²) in [6, 6.07) is 15.2. The lowest BCUT2D eigenvalue weighted by molar-refractivity contribution is -0.147. The van der Waals surface area contributed by atoms with Crippen LogP contribution in [0.15, 0.2) is 48.5 Å². The molecular weight excluding hydrogens is 362 g/mol. The summed E-state index contributed by atoms with van der Waals surface area (Å²) in [6.45, 7) is 0.143. The van der Waals surface area contributed by atoms with Gasteiger partial charge in [-0.2, -0.15) is 0 Å². The zero-order valence-electron chi connectivity index (χ0n) is 15.8. The average molecular weight is 385 g/mol. The number of rotatable bonds is 8. The van der Waals surface area contributed by atoms with E-state index in [1.165, 1.54) is 14.2 Å². The molecule has 7 heteroatoms. The zero-order valence-corrected chi connectivity index (χ0v) is 15.8. The van der Waals surface area contributed by atoms with Gasteiger partial charge in [-0.1, -0.05) is 48.5 Å². The largest absolute Gasteiger partial charge is 0.481 e. The van der Waals surface area contributed by atoms with Crippen molar-refractivity contribution in [3.8, 4) is 11.1 Å². The topological polar surface area (TPSA) is 94.1 Å². The van der Waals surface area contributed by atoms with E-state index in [1.807, 2.05) is 36.4 Å². The lowest BCUT2D eigenvalue weighted by Crippen LogP contribution is -2.46. The van der Waals surface area contributed by atoms with E-state index < -0.39 is 24.4 Å². The minimum Gasteiger partial charge on any atom is -0.481 e. The van der Waals surface area contributed by atoms with E-state index in [1.54, 1.807) is 0 Å². The first-order valence-electron chi connectivity index (χ1n) is 8.94. The summed E-state index contributed by atoms with van der Waals surface area (Å²) in [6.07, 6.45) is -1.96. The molecule has 7 nitrogen and oxygen atoms in total. The van der Waals surface area contributed by atoms with Gasteiger partial charge in [0.05, 0.1) is 12.5 Å². The standard InChI is InChI=1S/C21H23NO6/c1-26-20(27-2)18(11-19(23)24)22-21(25)28-12-17-15-9-5-3-7-13(15)14-8-4-6-10-16(14)17/h3-10,17-18,20H,11-12H2,1-2H3,(H,22,25)(H,23,24). The summed E-state index contributed by atoms with van der Waals surface area (Å²) in [5.74, 6) is -1.15. The number of aliphatic carboxylic acids is 1. The fourth-order valence-electron chi connectivity index (χ4n) is 3.62. The van der Waals surface area contributed by atoms with Crippen LogP contribution in [0.1, 0.15) is 23.5 Å². The molecule has 148 valence electrons. The molecule has 1 aliphatic carbocycles. The Morgan fingerprint density at radius 3 is 2.04 bits per heavy atom. The number of fused-ring (bicyclic) bond motifs is 3. The second kappa shape index (κ2) is 8.86. The molecule has 0 heterocycles. The first-order chi connectivity index (χ1) is 13.5. The van der Waals surface area contributed by atoms with Crippen molar-refractivity contribution in [1.82, 2.24) is 5.32 Å². The van der Waals surface area contributed by atoms with Gasteiger partial charge in [-0.3, -0.25) is 4.79 Å². The Hall–Kier alpha value is -2.90. The number of carbonyl (C=O) groups is 2. The number of alkyl carbamates (subject to hydrolysis) is 1. The van der Waals surface area contributed by atoms with Gasteiger partial charge in [0.1, 0.15) is 6.61 Å². The molecule has 2 aromatic rings. The second-order valence-corrected chi connectivity index (χ2v) is 6.51. The highest BCUT2D eigenvalue weighted by Gasteiger charge is 2.30. The normalized spacial score (nSPS) is 13.7. The molecule has 2 N–H and O–H groups in total. The molecule has 1 aliphatic rings. The Morgan fingerprint density at radius 2 is 1.54 bits per heavy atom. The lowest BCUT2D eigenvalue weighted by atomic mass is 9.98. The van der Waals surface area contributed by atoms with E-state index in [4.69, 9.17) is 19.3 Å². The Kier molecular flexibility index (Phi) is 6.28. The maximum Gasteiger partial charge on any atom is 0.407 e. The van der Waals surface area contributed by atoms with E-state index >= 15 is 0 Å². The molecule has 2 aromatic carbocycles. The Labute approximate surface area is 163 Å². The van der Waals surface area contributed by atoms with E-state index in [0.717, 1.165) is 22.3 Å². The van der Waals surface area contributed by atoms with Crippen LogP contribution in [0, 0.1) is 0 Å². The minimum absolute atomic E-state index is 0.0725. The molecule has 0 radical (unpaired) electrons. The Balaban J connectivity index is 1.69. The van der Waals surface area contributed by atoms with Crippen molar-refractivity contribution in [3.05, 3.63) is 59.7 Å². The van der Waals surface area contributed by atoms with Crippen molar-refractivity contribution >= 4 is 12.1 Å². The van der Waals surface area contributed by atoms with Crippen molar-refractivity contribution in [1.29, 1.82) is 0 Å². The minimum atomic E-state index is -1.08. The van der Waals surface area contributed by atoms with Crippen LogP contribution in [-0.4, -0.2) is 50.3 Å². The smallest absolute Gasteiger partial charge is 0.407 e. The van der Waals surface area contributed by atoms with Gasteiger partial charge < -0.3 is 24.6 Å². The number of hydrogen-bond donors (Lipinski definition) is 2. The van der Waals surface area contributed by atoms with Crippen LogP contribution in [0.3, 0.4) is 0 Å². The Bertz CT molecular complexity index is 803. The van der Waals surface area contributed by atoms with Crippen LogP contribution >= 0.6 is 0 Å². The lowest BCUT2D eigenvalue weighted by Gasteiger charge is -2.24. The first kappa shape index (κ1) is 19.9. The molecule has 1 unspecified atom stereocenters. The second-order valence-electron chi connectivity index (χ2n) is 6.51. The van der Waals surface area contributed by atoms with Crippen molar-refractivity contribution in [2.24, 2.45) is 0 Å². The number of carboxylic acid groups (broad SMARTS) is 1. The van der Waals surface area contributed by atoms with Gasteiger partial charge in [-0.05, 0) is 22.3 Å². The summed E-state index contributed by atoms with van der Waals surface area (Å²) in [7, 11) is 2.75. The number of amides is 1. The fourth-order valence-corrected chi connectivity index (χ4v) is 3.62. The number of ether oxygens (including phenoxy) is 3. The van der Waals surface area contributed by atoms with Crippen molar-refractivity contribution in [3.63, 3.8) is 0 Å². The van der Waals surface area contributed by atoms with E-state index in [2.05, 4.69) is 17.4 Å². The van der Waals surface area contributed by atoms with Crippen molar-refractivity contribution < 1.29 is 28.9 Å². The monoisotopic (exact) mass is 385 g/mol. The van der Waals surface area contributed by atoms with E-state index in [9.17, 15) is 9.59 Å². The number of hydrogen-bond acceptors (Lipinski definition) is 5. The van der Waals surface area contributed by atoms with Gasteiger partial charge >= 0.3 is 12.1 Å². The Morgan fingerprint density at radius 1 is 1.00 bits per heavy atom. The van der Waals surface area contributed by atoms with Crippen LogP contribution < -0.4 is 5.32 Å². The molecule has 1 atom stereocenters. The van der Waals surface area contributed by atoms with Crippen LogP contribution in [0.4, 0.5) is 4.79 Å². The summed E-state index contributed by atoms with van der Waals surface area (Å²) in [5, 5.41) is 11.6. The van der Waals surface area contributed by atoms with E-state index in [0.29, 0.717) is 0 Å². The van der Waals surface area contributed by atoms with Gasteiger partial charge in [-0.25, -0.2) is 4.79 Å². The molecule has 0 aromatic heterocycles. The number of carbonyl (C=O) groups excluding carboxylic acids is 1. The molecule has 0 spiro atoms. The highest BCUT2D eigenvalue weighted by molar-refractivity contribution is 5.79. The molecule has 0 fully saturated rings. The maximum atomic E-state index is 12.3. The zero-order chi connectivity index (χ0) is 20.1. The predicted molar refractivity (Wildman–Crippen MR) is 102 cm³/mol. The summed E-state index contributed by atoms with van der Waals surface area (Å²) >= 11 is 0. The van der Waals surface area contributed by atoms with Crippen molar-refractivity contribution in [2.75, 3.05) is 20.8 Å². The molecular formula is C21H23NO6. The third kappa shape index (κ3) is 4.16. The molecule has 0 aliphatic heterocycles. The molecule has 28 heavy (non-hydrogen) atoms. The quantitative estimate of drug-likeness (QED) is 0.679. The molecule has 0 saturated carbocycles. The van der Waals surface area contributed by atoms with Gasteiger partial charge in [0.15, 0.2) is 6.29 Å². The van der Waals surface area contributed by atoms with Gasteiger partial charge in [0.2, 0.25) is 0 Å². The number of benzene rings is 2. The van der Waals surface area contributed by atoms with Crippen LogP contribution in [0.2, 0.25) is 0 Å². The van der Waals surface area contributed by atoms with Crippen LogP contribution in [0.25, 0.3) is 11.1 Å². The number of methoxy groups -OCH3 is 2. The fraction of sp³-hybridized carbons (Fsp3) is 0.333. The van der Waals surface area contributed by atoms with Crippen LogP contribution in [0.5, 0.6) is 0 Å².